The summed E-state index contributed by atoms with van der Waals surface area (Å²) in [5, 5.41) is 23.9. The molecule has 0 saturated carbocycles. The van der Waals surface area contributed by atoms with Crippen LogP contribution in [-0.4, -0.2) is 47.7 Å². The largest absolute Gasteiger partial charge is 0.387 e. The molecule has 1 heterocycles. The SMILES string of the molecule is CN1CCC(NCC(O)c2ccc([N+](=O)[O-])cc2)C1. The van der Waals surface area contributed by atoms with E-state index in [4.69, 9.17) is 0 Å². The van der Waals surface area contributed by atoms with Gasteiger partial charge in [0.05, 0.1) is 11.0 Å². The molecule has 6 nitrogen and oxygen atoms in total. The normalized spacial score (nSPS) is 21.5. The van der Waals surface area contributed by atoms with E-state index in [-0.39, 0.29) is 5.69 Å². The molecule has 1 aliphatic heterocycles. The fraction of sp³-hybridized carbons (Fsp3) is 0.538. The topological polar surface area (TPSA) is 78.6 Å². The van der Waals surface area contributed by atoms with Gasteiger partial charge in [-0.05, 0) is 37.7 Å². The fourth-order valence-corrected chi connectivity index (χ4v) is 2.32. The number of nitrogens with zero attached hydrogens (tertiary/aromatic N) is 2. The van der Waals surface area contributed by atoms with Gasteiger partial charge in [-0.25, -0.2) is 0 Å². The van der Waals surface area contributed by atoms with E-state index in [9.17, 15) is 15.2 Å². The third kappa shape index (κ3) is 3.73. The Morgan fingerprint density at radius 3 is 2.74 bits per heavy atom. The Labute approximate surface area is 112 Å². The first-order valence-electron chi connectivity index (χ1n) is 6.40. The van der Waals surface area contributed by atoms with Crippen LogP contribution in [0.5, 0.6) is 0 Å². The van der Waals surface area contributed by atoms with Gasteiger partial charge in [-0.3, -0.25) is 10.1 Å². The summed E-state index contributed by atoms with van der Waals surface area (Å²) in [6.07, 6.45) is 0.454. The number of hydrogen-bond donors (Lipinski definition) is 2. The summed E-state index contributed by atoms with van der Waals surface area (Å²) in [6, 6.07) is 6.46. The van der Waals surface area contributed by atoms with Gasteiger partial charge >= 0.3 is 0 Å². The first kappa shape index (κ1) is 13.9. The van der Waals surface area contributed by atoms with Crippen molar-refractivity contribution < 1.29 is 10.0 Å². The van der Waals surface area contributed by atoms with Crippen molar-refractivity contribution in [3.63, 3.8) is 0 Å². The van der Waals surface area contributed by atoms with Crippen molar-refractivity contribution in [2.45, 2.75) is 18.6 Å². The second kappa shape index (κ2) is 6.10. The highest BCUT2D eigenvalue weighted by Crippen LogP contribution is 2.17. The number of rotatable bonds is 5. The zero-order valence-corrected chi connectivity index (χ0v) is 11.0. The number of likely N-dealkylation sites (N-methyl/N-ethyl adjacent to an activating group) is 1. The molecule has 1 aromatic rings. The lowest BCUT2D eigenvalue weighted by Gasteiger charge is -2.16. The van der Waals surface area contributed by atoms with Crippen LogP contribution in [0.2, 0.25) is 0 Å². The van der Waals surface area contributed by atoms with Crippen molar-refractivity contribution in [2.75, 3.05) is 26.7 Å². The fourth-order valence-electron chi connectivity index (χ4n) is 2.32. The Bertz CT molecular complexity index is 435. The van der Waals surface area contributed by atoms with E-state index >= 15 is 0 Å². The van der Waals surface area contributed by atoms with Gasteiger partial charge in [-0.1, -0.05) is 0 Å². The van der Waals surface area contributed by atoms with Crippen LogP contribution in [0.1, 0.15) is 18.1 Å². The third-order valence-electron chi connectivity index (χ3n) is 3.48. The number of hydrogen-bond acceptors (Lipinski definition) is 5. The summed E-state index contributed by atoms with van der Waals surface area (Å²) in [5.74, 6) is 0. The van der Waals surface area contributed by atoms with E-state index in [1.54, 1.807) is 12.1 Å². The predicted molar refractivity (Wildman–Crippen MR) is 72.0 cm³/mol. The molecular formula is C13H19N3O3. The summed E-state index contributed by atoms with van der Waals surface area (Å²) in [4.78, 5) is 12.3. The number of aliphatic hydroxyl groups is 1. The molecule has 2 unspecified atom stereocenters. The standard InChI is InChI=1S/C13H19N3O3/c1-15-7-6-11(9-15)14-8-13(17)10-2-4-12(5-3-10)16(18)19/h2-5,11,13-14,17H,6-9H2,1H3. The molecule has 0 spiro atoms. The minimum atomic E-state index is -0.633. The van der Waals surface area contributed by atoms with E-state index < -0.39 is 11.0 Å². The Hall–Kier alpha value is -1.50. The highest BCUT2D eigenvalue weighted by molar-refractivity contribution is 5.33. The van der Waals surface area contributed by atoms with Gasteiger partial charge in [0, 0.05) is 31.3 Å². The van der Waals surface area contributed by atoms with Crippen LogP contribution < -0.4 is 5.32 Å². The number of aliphatic hydroxyl groups excluding tert-OH is 1. The summed E-state index contributed by atoms with van der Waals surface area (Å²) < 4.78 is 0. The van der Waals surface area contributed by atoms with Crippen LogP contribution >= 0.6 is 0 Å². The zero-order valence-electron chi connectivity index (χ0n) is 11.0. The monoisotopic (exact) mass is 265 g/mol. The number of nitrogens with one attached hydrogen (secondary N) is 1. The highest BCUT2D eigenvalue weighted by Gasteiger charge is 2.20. The van der Waals surface area contributed by atoms with Gasteiger partial charge in [0.25, 0.3) is 5.69 Å². The molecule has 1 fully saturated rings. The minimum Gasteiger partial charge on any atom is -0.387 e. The molecule has 0 radical (unpaired) electrons. The van der Waals surface area contributed by atoms with Crippen LogP contribution in [0, 0.1) is 10.1 Å². The van der Waals surface area contributed by atoms with Crippen LogP contribution in [0.4, 0.5) is 5.69 Å². The maximum Gasteiger partial charge on any atom is 0.269 e. The van der Waals surface area contributed by atoms with Crippen molar-refractivity contribution in [3.8, 4) is 0 Å². The van der Waals surface area contributed by atoms with Gasteiger partial charge in [-0.15, -0.1) is 0 Å². The second-order valence-corrected chi connectivity index (χ2v) is 5.02. The van der Waals surface area contributed by atoms with Crippen LogP contribution in [0.25, 0.3) is 0 Å². The lowest BCUT2D eigenvalue weighted by molar-refractivity contribution is -0.384. The molecule has 0 aliphatic carbocycles. The van der Waals surface area contributed by atoms with Crippen molar-refractivity contribution in [3.05, 3.63) is 39.9 Å². The Kier molecular flexibility index (Phi) is 4.47. The lowest BCUT2D eigenvalue weighted by atomic mass is 10.1. The quantitative estimate of drug-likeness (QED) is 0.611. The third-order valence-corrected chi connectivity index (χ3v) is 3.48. The van der Waals surface area contributed by atoms with Gasteiger partial charge in [0.1, 0.15) is 0 Å². The number of nitro benzene ring substituents is 1. The Morgan fingerprint density at radius 2 is 2.21 bits per heavy atom. The summed E-state index contributed by atoms with van der Waals surface area (Å²) >= 11 is 0. The molecule has 0 aromatic heterocycles. The van der Waals surface area contributed by atoms with Crippen molar-refractivity contribution >= 4 is 5.69 Å². The second-order valence-electron chi connectivity index (χ2n) is 5.02. The summed E-state index contributed by atoms with van der Waals surface area (Å²) in [7, 11) is 2.08. The molecule has 0 bridgehead atoms. The number of likely N-dealkylation sites (tertiary alicyclic amines) is 1. The number of nitro groups is 1. The van der Waals surface area contributed by atoms with Crippen molar-refractivity contribution in [1.29, 1.82) is 0 Å². The van der Waals surface area contributed by atoms with Gasteiger partial charge < -0.3 is 15.3 Å². The first-order valence-corrected chi connectivity index (χ1v) is 6.40. The van der Waals surface area contributed by atoms with Gasteiger partial charge in [-0.2, -0.15) is 0 Å². The van der Waals surface area contributed by atoms with Gasteiger partial charge in [0.15, 0.2) is 0 Å². The summed E-state index contributed by atoms with van der Waals surface area (Å²) in [6.45, 7) is 2.54. The van der Waals surface area contributed by atoms with Crippen LogP contribution in [0.3, 0.4) is 0 Å². The highest BCUT2D eigenvalue weighted by atomic mass is 16.6. The smallest absolute Gasteiger partial charge is 0.269 e. The first-order chi connectivity index (χ1) is 9.06. The van der Waals surface area contributed by atoms with Gasteiger partial charge in [0.2, 0.25) is 0 Å². The molecule has 1 saturated heterocycles. The zero-order chi connectivity index (χ0) is 13.8. The molecule has 2 atom stereocenters. The Morgan fingerprint density at radius 1 is 1.53 bits per heavy atom. The molecule has 1 aromatic carbocycles. The van der Waals surface area contributed by atoms with E-state index in [0.717, 1.165) is 19.5 Å². The van der Waals surface area contributed by atoms with E-state index in [2.05, 4.69) is 17.3 Å². The average molecular weight is 265 g/mol. The molecule has 0 amide bonds. The molecule has 1 aliphatic rings. The van der Waals surface area contributed by atoms with Crippen molar-refractivity contribution in [1.82, 2.24) is 10.2 Å². The van der Waals surface area contributed by atoms with E-state index in [1.165, 1.54) is 12.1 Å². The molecule has 2 rings (SSSR count). The van der Waals surface area contributed by atoms with Crippen LogP contribution in [0.15, 0.2) is 24.3 Å². The van der Waals surface area contributed by atoms with Crippen LogP contribution in [-0.2, 0) is 0 Å². The molecule has 19 heavy (non-hydrogen) atoms. The van der Waals surface area contributed by atoms with Crippen molar-refractivity contribution in [2.24, 2.45) is 0 Å². The molecule has 2 N–H and O–H groups in total. The van der Waals surface area contributed by atoms with E-state index in [1.807, 2.05) is 0 Å². The summed E-state index contributed by atoms with van der Waals surface area (Å²) in [5.41, 5.74) is 0.741. The number of non-ortho nitro benzene ring substituents is 1. The molecule has 104 valence electrons. The minimum absolute atomic E-state index is 0.0429. The average Bonchev–Trinajstić information content (AvgIpc) is 2.82. The maximum absolute atomic E-state index is 10.5. The number of benzene rings is 1. The predicted octanol–water partition coefficient (Wildman–Crippen LogP) is 0.922. The van der Waals surface area contributed by atoms with E-state index in [0.29, 0.717) is 18.2 Å². The molecule has 6 heteroatoms. The maximum atomic E-state index is 10.5. The lowest BCUT2D eigenvalue weighted by Crippen LogP contribution is -2.34. The molecular weight excluding hydrogens is 246 g/mol. The Balaban J connectivity index is 1.85.